The second-order valence-corrected chi connectivity index (χ2v) is 7.97. The van der Waals surface area contributed by atoms with E-state index in [1.165, 1.54) is 4.88 Å². The largest absolute Gasteiger partial charge is 0.378 e. The SMILES string of the molecule is CCOC1CCN(C(CN)c2cc(Br)c(Br)s2)CC1. The zero-order chi connectivity index (χ0) is 13.8. The smallest absolute Gasteiger partial charge is 0.0843 e. The molecule has 2 heterocycles. The summed E-state index contributed by atoms with van der Waals surface area (Å²) in [5.74, 6) is 0. The van der Waals surface area contributed by atoms with Gasteiger partial charge in [-0.2, -0.15) is 0 Å². The molecule has 0 aromatic carbocycles. The highest BCUT2D eigenvalue weighted by Gasteiger charge is 2.26. The molecule has 1 atom stereocenters. The van der Waals surface area contributed by atoms with E-state index >= 15 is 0 Å². The summed E-state index contributed by atoms with van der Waals surface area (Å²) in [5.41, 5.74) is 5.99. The highest BCUT2D eigenvalue weighted by atomic mass is 79.9. The molecule has 1 aliphatic rings. The van der Waals surface area contributed by atoms with Gasteiger partial charge in [0.05, 0.1) is 15.9 Å². The molecular formula is C13H20Br2N2OS. The Labute approximate surface area is 135 Å². The molecule has 0 spiro atoms. The maximum absolute atomic E-state index is 5.99. The van der Waals surface area contributed by atoms with E-state index in [-0.39, 0.29) is 0 Å². The summed E-state index contributed by atoms with van der Waals surface area (Å²) in [7, 11) is 0. The molecule has 3 nitrogen and oxygen atoms in total. The van der Waals surface area contributed by atoms with Crippen LogP contribution in [0, 0.1) is 0 Å². The second-order valence-electron chi connectivity index (χ2n) is 4.71. The molecule has 1 saturated heterocycles. The van der Waals surface area contributed by atoms with Crippen molar-refractivity contribution in [2.45, 2.75) is 31.9 Å². The van der Waals surface area contributed by atoms with Gasteiger partial charge in [0.1, 0.15) is 0 Å². The first kappa shape index (κ1) is 15.9. The highest BCUT2D eigenvalue weighted by molar-refractivity contribution is 9.13. The van der Waals surface area contributed by atoms with Crippen LogP contribution in [0.2, 0.25) is 0 Å². The lowest BCUT2D eigenvalue weighted by atomic mass is 10.0. The Kier molecular flexibility index (Phi) is 6.30. The van der Waals surface area contributed by atoms with Crippen LogP contribution in [0.1, 0.15) is 30.7 Å². The molecule has 108 valence electrons. The van der Waals surface area contributed by atoms with Crippen molar-refractivity contribution in [1.82, 2.24) is 4.90 Å². The number of likely N-dealkylation sites (tertiary alicyclic amines) is 1. The highest BCUT2D eigenvalue weighted by Crippen LogP contribution is 2.37. The van der Waals surface area contributed by atoms with Gasteiger partial charge in [-0.3, -0.25) is 4.90 Å². The monoisotopic (exact) mass is 410 g/mol. The maximum Gasteiger partial charge on any atom is 0.0843 e. The predicted molar refractivity (Wildman–Crippen MR) is 87.7 cm³/mol. The maximum atomic E-state index is 5.99. The van der Waals surface area contributed by atoms with Gasteiger partial charge >= 0.3 is 0 Å². The van der Waals surface area contributed by atoms with Crippen molar-refractivity contribution in [2.75, 3.05) is 26.2 Å². The Morgan fingerprint density at radius 2 is 2.16 bits per heavy atom. The molecule has 0 amide bonds. The van der Waals surface area contributed by atoms with E-state index < -0.39 is 0 Å². The number of nitrogens with zero attached hydrogens (tertiary/aromatic N) is 1. The summed E-state index contributed by atoms with van der Waals surface area (Å²) in [6.45, 7) is 5.68. The number of piperidine rings is 1. The number of hydrogen-bond acceptors (Lipinski definition) is 4. The molecule has 2 rings (SSSR count). The first-order valence-corrected chi connectivity index (χ1v) is 9.06. The van der Waals surface area contributed by atoms with E-state index in [1.807, 2.05) is 0 Å². The minimum Gasteiger partial charge on any atom is -0.378 e. The van der Waals surface area contributed by atoms with E-state index in [4.69, 9.17) is 10.5 Å². The first-order chi connectivity index (χ1) is 9.15. The van der Waals surface area contributed by atoms with Crippen molar-refractivity contribution in [3.63, 3.8) is 0 Å². The standard InChI is InChI=1S/C13H20Br2N2OS/c1-2-18-9-3-5-17(6-4-9)11(8-16)12-7-10(14)13(15)19-12/h7,9,11H,2-6,8,16H2,1H3. The van der Waals surface area contributed by atoms with Crippen LogP contribution in [-0.2, 0) is 4.74 Å². The van der Waals surface area contributed by atoms with Crippen molar-refractivity contribution in [3.05, 3.63) is 19.2 Å². The molecule has 1 aromatic heterocycles. The third-order valence-corrected chi connectivity index (χ3v) is 6.89. The van der Waals surface area contributed by atoms with E-state index in [2.05, 4.69) is 49.7 Å². The van der Waals surface area contributed by atoms with E-state index in [0.29, 0.717) is 18.7 Å². The summed E-state index contributed by atoms with van der Waals surface area (Å²) >= 11 is 8.88. The van der Waals surface area contributed by atoms with E-state index in [1.54, 1.807) is 11.3 Å². The van der Waals surface area contributed by atoms with Crippen molar-refractivity contribution in [3.8, 4) is 0 Å². The number of ether oxygens (including phenoxy) is 1. The third-order valence-electron chi connectivity index (χ3n) is 3.54. The van der Waals surface area contributed by atoms with Gasteiger partial charge in [0.25, 0.3) is 0 Å². The topological polar surface area (TPSA) is 38.5 Å². The average molecular weight is 412 g/mol. The number of thiophene rings is 1. The fourth-order valence-corrected chi connectivity index (χ4v) is 4.80. The number of rotatable bonds is 5. The van der Waals surface area contributed by atoms with Crippen LogP contribution in [-0.4, -0.2) is 37.2 Å². The van der Waals surface area contributed by atoms with Crippen LogP contribution >= 0.6 is 43.2 Å². The van der Waals surface area contributed by atoms with Gasteiger partial charge in [0.2, 0.25) is 0 Å². The molecule has 0 aliphatic carbocycles. The molecule has 1 unspecified atom stereocenters. The van der Waals surface area contributed by atoms with Crippen LogP contribution < -0.4 is 5.73 Å². The predicted octanol–water partition coefficient (Wildman–Crippen LogP) is 3.77. The lowest BCUT2D eigenvalue weighted by Gasteiger charge is -2.36. The minimum atomic E-state index is 0.329. The fourth-order valence-electron chi connectivity index (χ4n) is 2.56. The zero-order valence-corrected chi connectivity index (χ0v) is 15.1. The van der Waals surface area contributed by atoms with Gasteiger partial charge in [-0.1, -0.05) is 0 Å². The molecular weight excluding hydrogens is 392 g/mol. The average Bonchev–Trinajstić information content (AvgIpc) is 2.73. The summed E-state index contributed by atoms with van der Waals surface area (Å²) in [4.78, 5) is 3.82. The van der Waals surface area contributed by atoms with Crippen molar-refractivity contribution >= 4 is 43.2 Å². The van der Waals surface area contributed by atoms with Crippen molar-refractivity contribution < 1.29 is 4.74 Å². The Bertz CT molecular complexity index is 386. The Morgan fingerprint density at radius 3 is 2.63 bits per heavy atom. The van der Waals surface area contributed by atoms with E-state index in [0.717, 1.165) is 40.8 Å². The summed E-state index contributed by atoms with van der Waals surface area (Å²) in [6.07, 6.45) is 2.65. The molecule has 0 radical (unpaired) electrons. The Balaban J connectivity index is 1.99. The quantitative estimate of drug-likeness (QED) is 0.801. The fraction of sp³-hybridized carbons (Fsp3) is 0.692. The van der Waals surface area contributed by atoms with Crippen LogP contribution in [0.5, 0.6) is 0 Å². The Morgan fingerprint density at radius 1 is 1.47 bits per heavy atom. The lowest BCUT2D eigenvalue weighted by Crippen LogP contribution is -2.41. The van der Waals surface area contributed by atoms with Gasteiger partial charge in [0.15, 0.2) is 0 Å². The molecule has 0 saturated carbocycles. The molecule has 2 N–H and O–H groups in total. The summed E-state index contributed by atoms with van der Waals surface area (Å²) in [5, 5.41) is 0. The number of halogens is 2. The molecule has 1 fully saturated rings. The van der Waals surface area contributed by atoms with Crippen LogP contribution in [0.25, 0.3) is 0 Å². The number of hydrogen-bond donors (Lipinski definition) is 1. The van der Waals surface area contributed by atoms with Crippen LogP contribution in [0.4, 0.5) is 0 Å². The van der Waals surface area contributed by atoms with Gasteiger partial charge < -0.3 is 10.5 Å². The Hall–Kier alpha value is 0.540. The second kappa shape index (κ2) is 7.52. The summed E-state index contributed by atoms with van der Waals surface area (Å²) in [6, 6.07) is 2.51. The normalized spacial score (nSPS) is 19.8. The van der Waals surface area contributed by atoms with Gasteiger partial charge in [-0.15, -0.1) is 11.3 Å². The minimum absolute atomic E-state index is 0.329. The van der Waals surface area contributed by atoms with Crippen LogP contribution in [0.3, 0.4) is 0 Å². The molecule has 6 heteroatoms. The van der Waals surface area contributed by atoms with Gasteiger partial charge in [0, 0.05) is 35.6 Å². The van der Waals surface area contributed by atoms with Gasteiger partial charge in [-0.05, 0) is 57.7 Å². The molecule has 1 aromatic rings. The van der Waals surface area contributed by atoms with Gasteiger partial charge in [-0.25, -0.2) is 0 Å². The molecule has 0 bridgehead atoms. The number of nitrogens with two attached hydrogens (primary N) is 1. The molecule has 1 aliphatic heterocycles. The summed E-state index contributed by atoms with van der Waals surface area (Å²) < 4.78 is 7.97. The lowest BCUT2D eigenvalue weighted by molar-refractivity contribution is 0.00488. The van der Waals surface area contributed by atoms with Crippen molar-refractivity contribution in [1.29, 1.82) is 0 Å². The zero-order valence-electron chi connectivity index (χ0n) is 11.1. The van der Waals surface area contributed by atoms with Crippen LogP contribution in [0.15, 0.2) is 14.3 Å². The first-order valence-electron chi connectivity index (χ1n) is 6.66. The van der Waals surface area contributed by atoms with E-state index in [9.17, 15) is 0 Å². The molecule has 19 heavy (non-hydrogen) atoms. The van der Waals surface area contributed by atoms with Crippen molar-refractivity contribution in [2.24, 2.45) is 5.73 Å². The third kappa shape index (κ3) is 4.02.